The van der Waals surface area contributed by atoms with Gasteiger partial charge < -0.3 is 9.88 Å². The van der Waals surface area contributed by atoms with Gasteiger partial charge >= 0.3 is 5.69 Å². The van der Waals surface area contributed by atoms with E-state index in [4.69, 9.17) is 0 Å². The Morgan fingerprint density at radius 2 is 1.88 bits per heavy atom. The van der Waals surface area contributed by atoms with Crippen LogP contribution in [0.5, 0.6) is 0 Å². The molecule has 0 spiro atoms. The van der Waals surface area contributed by atoms with Crippen molar-refractivity contribution in [2.45, 2.75) is 6.92 Å². The molecular weight excluding hydrogens is 341 g/mol. The van der Waals surface area contributed by atoms with Gasteiger partial charge in [-0.15, -0.1) is 0 Å². The highest BCUT2D eigenvalue weighted by Crippen LogP contribution is 2.17. The second kappa shape index (κ2) is 6.43. The van der Waals surface area contributed by atoms with Crippen molar-refractivity contribution in [2.24, 2.45) is 14.1 Å². The Hall–Kier alpha value is -3.49. The molecule has 9 heteroatoms. The van der Waals surface area contributed by atoms with E-state index >= 15 is 0 Å². The highest BCUT2D eigenvalue weighted by atomic mass is 19.1. The number of aromatic nitrogens is 4. The van der Waals surface area contributed by atoms with Crippen LogP contribution in [0.3, 0.4) is 0 Å². The van der Waals surface area contributed by atoms with Crippen LogP contribution in [0, 0.1) is 12.7 Å². The zero-order valence-corrected chi connectivity index (χ0v) is 14.4. The summed E-state index contributed by atoms with van der Waals surface area (Å²) in [5.74, 6) is -1.06. The first-order valence-electron chi connectivity index (χ1n) is 7.68. The number of carbonyl (C=O) groups is 1. The quantitative estimate of drug-likeness (QED) is 0.756. The molecule has 0 saturated carbocycles. The molecular formula is C17H16FN5O3. The fraction of sp³-hybridized carbons (Fsp3) is 0.176. The SMILES string of the molecule is Cc1c(C(=O)Nc2cn(C)c(=O)n(C)c2=O)cnn1-c1ccccc1F. The Bertz CT molecular complexity index is 1130. The molecule has 1 N–H and O–H groups in total. The minimum atomic E-state index is -0.624. The van der Waals surface area contributed by atoms with Crippen LogP contribution >= 0.6 is 0 Å². The predicted octanol–water partition coefficient (Wildman–Crippen LogP) is 0.970. The summed E-state index contributed by atoms with van der Waals surface area (Å²) in [5, 5.41) is 6.53. The van der Waals surface area contributed by atoms with Crippen LogP contribution in [0.25, 0.3) is 5.69 Å². The minimum absolute atomic E-state index is 0.0439. The number of carbonyl (C=O) groups excluding carboxylic acids is 1. The molecule has 134 valence electrons. The fourth-order valence-corrected chi connectivity index (χ4v) is 2.58. The lowest BCUT2D eigenvalue weighted by molar-refractivity contribution is 0.102. The normalized spacial score (nSPS) is 10.8. The van der Waals surface area contributed by atoms with Gasteiger partial charge in [0.05, 0.1) is 17.5 Å². The van der Waals surface area contributed by atoms with Crippen LogP contribution in [-0.4, -0.2) is 24.8 Å². The molecule has 3 rings (SSSR count). The summed E-state index contributed by atoms with van der Waals surface area (Å²) in [5.41, 5.74) is -0.365. The molecule has 26 heavy (non-hydrogen) atoms. The van der Waals surface area contributed by atoms with Crippen LogP contribution in [0.4, 0.5) is 10.1 Å². The van der Waals surface area contributed by atoms with Crippen molar-refractivity contribution >= 4 is 11.6 Å². The Labute approximate surface area is 147 Å². The maximum Gasteiger partial charge on any atom is 0.330 e. The van der Waals surface area contributed by atoms with Crippen molar-refractivity contribution < 1.29 is 9.18 Å². The Morgan fingerprint density at radius 3 is 2.58 bits per heavy atom. The molecule has 0 saturated heterocycles. The summed E-state index contributed by atoms with van der Waals surface area (Å²) < 4.78 is 17.3. The van der Waals surface area contributed by atoms with Crippen molar-refractivity contribution in [1.29, 1.82) is 0 Å². The highest BCUT2D eigenvalue weighted by Gasteiger charge is 2.18. The molecule has 1 aromatic carbocycles. The molecule has 0 fully saturated rings. The third-order valence-electron chi connectivity index (χ3n) is 4.03. The first-order valence-corrected chi connectivity index (χ1v) is 7.68. The maximum absolute atomic E-state index is 14.0. The number of nitrogens with zero attached hydrogens (tertiary/aromatic N) is 4. The van der Waals surface area contributed by atoms with Crippen molar-refractivity contribution in [3.05, 3.63) is 74.6 Å². The van der Waals surface area contributed by atoms with Gasteiger partial charge in [-0.05, 0) is 19.1 Å². The zero-order chi connectivity index (χ0) is 19.0. The van der Waals surface area contributed by atoms with Gasteiger partial charge in [-0.3, -0.25) is 14.2 Å². The van der Waals surface area contributed by atoms with E-state index < -0.39 is 23.0 Å². The summed E-state index contributed by atoms with van der Waals surface area (Å²) in [6, 6.07) is 6.05. The molecule has 0 aliphatic heterocycles. The van der Waals surface area contributed by atoms with E-state index in [2.05, 4.69) is 10.4 Å². The van der Waals surface area contributed by atoms with Crippen LogP contribution in [-0.2, 0) is 14.1 Å². The second-order valence-corrected chi connectivity index (χ2v) is 5.76. The lowest BCUT2D eigenvalue weighted by Gasteiger charge is -2.09. The van der Waals surface area contributed by atoms with Crippen molar-refractivity contribution in [2.75, 3.05) is 5.32 Å². The molecule has 8 nitrogen and oxygen atoms in total. The molecule has 0 aliphatic rings. The largest absolute Gasteiger partial charge is 0.330 e. The van der Waals surface area contributed by atoms with E-state index in [0.29, 0.717) is 5.69 Å². The first-order chi connectivity index (χ1) is 12.3. The van der Waals surface area contributed by atoms with Crippen LogP contribution in [0.15, 0.2) is 46.2 Å². The number of aryl methyl sites for hydroxylation is 1. The van der Waals surface area contributed by atoms with E-state index in [-0.39, 0.29) is 16.9 Å². The van der Waals surface area contributed by atoms with Crippen molar-refractivity contribution in [3.63, 3.8) is 0 Å². The molecule has 3 aromatic rings. The van der Waals surface area contributed by atoms with Crippen molar-refractivity contribution in [3.8, 4) is 5.69 Å². The molecule has 1 amide bonds. The standard InChI is InChI=1S/C17H16FN5O3/c1-10-11(8-19-23(10)14-7-5-4-6-12(14)18)15(24)20-13-9-21(2)17(26)22(3)16(13)25/h4-9H,1-3H3,(H,20,24). The summed E-state index contributed by atoms with van der Waals surface area (Å²) in [6.45, 7) is 1.62. The Kier molecular flexibility index (Phi) is 4.29. The number of anilines is 1. The van der Waals surface area contributed by atoms with Crippen LogP contribution in [0.1, 0.15) is 16.1 Å². The Balaban J connectivity index is 1.97. The number of rotatable bonds is 3. The number of halogens is 1. The highest BCUT2D eigenvalue weighted by molar-refractivity contribution is 6.04. The van der Waals surface area contributed by atoms with E-state index in [1.807, 2.05) is 0 Å². The molecule has 2 heterocycles. The average molecular weight is 357 g/mol. The van der Waals surface area contributed by atoms with Crippen molar-refractivity contribution in [1.82, 2.24) is 18.9 Å². The van der Waals surface area contributed by atoms with E-state index in [1.54, 1.807) is 25.1 Å². The molecule has 2 aromatic heterocycles. The topological polar surface area (TPSA) is 90.9 Å². The number of amides is 1. The molecule has 0 radical (unpaired) electrons. The maximum atomic E-state index is 14.0. The number of nitrogens with one attached hydrogen (secondary N) is 1. The third-order valence-corrected chi connectivity index (χ3v) is 4.03. The van der Waals surface area contributed by atoms with Crippen LogP contribution < -0.4 is 16.6 Å². The number of para-hydroxylation sites is 1. The smallest absolute Gasteiger partial charge is 0.316 e. The van der Waals surface area contributed by atoms with E-state index in [1.165, 1.54) is 41.8 Å². The first kappa shape index (κ1) is 17.3. The van der Waals surface area contributed by atoms with E-state index in [0.717, 1.165) is 4.57 Å². The molecule has 0 bridgehead atoms. The van der Waals surface area contributed by atoms with Gasteiger partial charge in [-0.25, -0.2) is 13.9 Å². The van der Waals surface area contributed by atoms with Gasteiger partial charge in [0.1, 0.15) is 17.2 Å². The van der Waals surface area contributed by atoms with Gasteiger partial charge in [0.2, 0.25) is 0 Å². The number of benzene rings is 1. The fourth-order valence-electron chi connectivity index (χ4n) is 2.58. The zero-order valence-electron chi connectivity index (χ0n) is 14.4. The van der Waals surface area contributed by atoms with Gasteiger partial charge in [0.25, 0.3) is 11.5 Å². The Morgan fingerprint density at radius 1 is 1.19 bits per heavy atom. The minimum Gasteiger partial charge on any atom is -0.316 e. The van der Waals surface area contributed by atoms with Gasteiger partial charge in [0.15, 0.2) is 0 Å². The lowest BCUT2D eigenvalue weighted by Crippen LogP contribution is -2.38. The average Bonchev–Trinajstić information content (AvgIpc) is 2.99. The van der Waals surface area contributed by atoms with Gasteiger partial charge in [0, 0.05) is 20.3 Å². The van der Waals surface area contributed by atoms with Crippen LogP contribution in [0.2, 0.25) is 0 Å². The monoisotopic (exact) mass is 357 g/mol. The summed E-state index contributed by atoms with van der Waals surface area (Å²) in [7, 11) is 2.79. The second-order valence-electron chi connectivity index (χ2n) is 5.76. The number of hydrogen-bond acceptors (Lipinski definition) is 4. The summed E-state index contributed by atoms with van der Waals surface area (Å²) in [4.78, 5) is 36.4. The van der Waals surface area contributed by atoms with E-state index in [9.17, 15) is 18.8 Å². The van der Waals surface area contributed by atoms with Gasteiger partial charge in [-0.2, -0.15) is 5.10 Å². The molecule has 0 atom stereocenters. The summed E-state index contributed by atoms with van der Waals surface area (Å²) in [6.07, 6.45) is 2.54. The molecule has 0 unspecified atom stereocenters. The van der Waals surface area contributed by atoms with Gasteiger partial charge in [-0.1, -0.05) is 12.1 Å². The summed E-state index contributed by atoms with van der Waals surface area (Å²) >= 11 is 0. The lowest BCUT2D eigenvalue weighted by atomic mass is 10.2. The predicted molar refractivity (Wildman–Crippen MR) is 93.1 cm³/mol. The number of hydrogen-bond donors (Lipinski definition) is 1. The molecule has 0 aliphatic carbocycles. The third kappa shape index (κ3) is 2.83.